The molecule has 0 aromatic heterocycles. The summed E-state index contributed by atoms with van der Waals surface area (Å²) < 4.78 is 5.05. The van der Waals surface area contributed by atoms with Crippen LogP contribution in [0.3, 0.4) is 0 Å². The minimum Gasteiger partial charge on any atom is -0.380 e. The molecule has 0 atom stereocenters. The molecular formula is C18H20ClNO2S. The first-order chi connectivity index (χ1) is 11.2. The van der Waals surface area contributed by atoms with Crippen LogP contribution in [0.4, 0.5) is 0 Å². The van der Waals surface area contributed by atoms with Crippen LogP contribution in [0.5, 0.6) is 0 Å². The maximum atomic E-state index is 12.0. The Hall–Kier alpha value is -1.49. The third-order valence-electron chi connectivity index (χ3n) is 3.24. The number of rotatable bonds is 8. The average Bonchev–Trinajstić information content (AvgIpc) is 2.57. The predicted molar refractivity (Wildman–Crippen MR) is 97.1 cm³/mol. The molecule has 2 aromatic rings. The van der Waals surface area contributed by atoms with Gasteiger partial charge in [-0.15, -0.1) is 0 Å². The van der Waals surface area contributed by atoms with Crippen molar-refractivity contribution in [1.82, 2.24) is 5.32 Å². The molecule has 0 radical (unpaired) electrons. The molecule has 0 aliphatic heterocycles. The number of hydrogen-bond donors (Lipinski definition) is 1. The molecule has 1 amide bonds. The molecule has 0 saturated heterocycles. The Morgan fingerprint density at radius 3 is 2.39 bits per heavy atom. The van der Waals surface area contributed by atoms with E-state index in [0.717, 1.165) is 22.1 Å². The van der Waals surface area contributed by atoms with Gasteiger partial charge in [-0.1, -0.05) is 35.9 Å². The van der Waals surface area contributed by atoms with Crippen LogP contribution >= 0.6 is 23.4 Å². The monoisotopic (exact) mass is 349 g/mol. The van der Waals surface area contributed by atoms with E-state index in [9.17, 15) is 4.79 Å². The highest BCUT2D eigenvalue weighted by Gasteiger charge is 2.04. The van der Waals surface area contributed by atoms with Gasteiger partial charge in [0.1, 0.15) is 0 Å². The molecular weight excluding hydrogens is 330 g/mol. The number of halogens is 1. The van der Waals surface area contributed by atoms with Crippen molar-refractivity contribution < 1.29 is 9.53 Å². The van der Waals surface area contributed by atoms with Gasteiger partial charge in [0, 0.05) is 35.7 Å². The lowest BCUT2D eigenvalue weighted by atomic mass is 10.1. The molecule has 0 heterocycles. The average molecular weight is 350 g/mol. The Kier molecular flexibility index (Phi) is 7.46. The summed E-state index contributed by atoms with van der Waals surface area (Å²) in [4.78, 5) is 12.0. The van der Waals surface area contributed by atoms with Crippen LogP contribution in [0.15, 0.2) is 48.5 Å². The third kappa shape index (κ3) is 6.26. The summed E-state index contributed by atoms with van der Waals surface area (Å²) >= 11 is 7.64. The van der Waals surface area contributed by atoms with E-state index in [1.807, 2.05) is 48.5 Å². The molecule has 0 aliphatic carbocycles. The normalized spacial score (nSPS) is 10.5. The molecule has 3 nitrogen and oxygen atoms in total. The van der Waals surface area contributed by atoms with E-state index in [1.54, 1.807) is 18.9 Å². The number of ether oxygens (including phenoxy) is 1. The number of nitrogens with one attached hydrogen (secondary N) is 1. The number of hydrogen-bond acceptors (Lipinski definition) is 3. The lowest BCUT2D eigenvalue weighted by Gasteiger charge is -2.06. The molecule has 0 bridgehead atoms. The molecule has 5 heteroatoms. The van der Waals surface area contributed by atoms with Gasteiger partial charge < -0.3 is 10.1 Å². The minimum atomic E-state index is -0.0407. The van der Waals surface area contributed by atoms with Crippen molar-refractivity contribution in [3.8, 4) is 0 Å². The summed E-state index contributed by atoms with van der Waals surface area (Å²) in [6, 6.07) is 15.3. The fourth-order valence-electron chi connectivity index (χ4n) is 2.03. The lowest BCUT2D eigenvalue weighted by Crippen LogP contribution is -2.25. The van der Waals surface area contributed by atoms with Crippen LogP contribution in [0.25, 0.3) is 0 Å². The Labute approximate surface area is 146 Å². The molecule has 23 heavy (non-hydrogen) atoms. The lowest BCUT2D eigenvalue weighted by molar-refractivity contribution is 0.0956. The van der Waals surface area contributed by atoms with Crippen LogP contribution in [0.2, 0.25) is 5.02 Å². The molecule has 0 aliphatic rings. The first kappa shape index (κ1) is 17.9. The number of thioether (sulfide) groups is 1. The van der Waals surface area contributed by atoms with Gasteiger partial charge in [-0.3, -0.25) is 4.79 Å². The Balaban J connectivity index is 1.67. The molecule has 122 valence electrons. The standard InChI is InChI=1S/C18H20ClNO2S/c1-22-12-14-2-6-16(7-3-14)18(21)20-10-11-23-13-15-4-8-17(19)9-5-15/h2-9H,10-13H2,1H3,(H,20,21). The van der Waals surface area contributed by atoms with E-state index < -0.39 is 0 Å². The number of carbonyl (C=O) groups is 1. The predicted octanol–water partition coefficient (Wildman–Crippen LogP) is 4.15. The zero-order valence-electron chi connectivity index (χ0n) is 13.0. The summed E-state index contributed by atoms with van der Waals surface area (Å²) in [6.45, 7) is 1.21. The van der Waals surface area contributed by atoms with Crippen molar-refractivity contribution in [3.05, 3.63) is 70.2 Å². The molecule has 2 aromatic carbocycles. The summed E-state index contributed by atoms with van der Waals surface area (Å²) in [5.74, 6) is 1.75. The number of benzene rings is 2. The van der Waals surface area contributed by atoms with Gasteiger partial charge in [0.05, 0.1) is 6.61 Å². The summed E-state index contributed by atoms with van der Waals surface area (Å²) in [5.41, 5.74) is 2.97. The van der Waals surface area contributed by atoms with Crippen LogP contribution in [0.1, 0.15) is 21.5 Å². The van der Waals surface area contributed by atoms with E-state index in [0.29, 0.717) is 18.7 Å². The van der Waals surface area contributed by atoms with E-state index >= 15 is 0 Å². The Morgan fingerprint density at radius 2 is 1.74 bits per heavy atom. The van der Waals surface area contributed by atoms with Gasteiger partial charge >= 0.3 is 0 Å². The second-order valence-electron chi connectivity index (χ2n) is 5.06. The summed E-state index contributed by atoms with van der Waals surface area (Å²) in [7, 11) is 1.66. The van der Waals surface area contributed by atoms with Gasteiger partial charge in [0.25, 0.3) is 5.91 Å². The second kappa shape index (κ2) is 9.60. The van der Waals surface area contributed by atoms with Crippen LogP contribution in [-0.4, -0.2) is 25.3 Å². The molecule has 1 N–H and O–H groups in total. The maximum Gasteiger partial charge on any atom is 0.251 e. The van der Waals surface area contributed by atoms with Gasteiger partial charge in [-0.2, -0.15) is 11.8 Å². The quantitative estimate of drug-likeness (QED) is 0.727. The van der Waals surface area contributed by atoms with Crippen molar-refractivity contribution in [2.75, 3.05) is 19.4 Å². The van der Waals surface area contributed by atoms with Crippen molar-refractivity contribution in [2.24, 2.45) is 0 Å². The Bertz CT molecular complexity index is 614. The first-order valence-electron chi connectivity index (χ1n) is 7.37. The van der Waals surface area contributed by atoms with Crippen molar-refractivity contribution in [2.45, 2.75) is 12.4 Å². The van der Waals surface area contributed by atoms with E-state index in [-0.39, 0.29) is 5.91 Å². The number of amides is 1. The van der Waals surface area contributed by atoms with Crippen molar-refractivity contribution in [3.63, 3.8) is 0 Å². The first-order valence-corrected chi connectivity index (χ1v) is 8.90. The third-order valence-corrected chi connectivity index (χ3v) is 4.52. The van der Waals surface area contributed by atoms with Crippen LogP contribution in [-0.2, 0) is 17.1 Å². The van der Waals surface area contributed by atoms with Gasteiger partial charge in [-0.25, -0.2) is 0 Å². The SMILES string of the molecule is COCc1ccc(C(=O)NCCSCc2ccc(Cl)cc2)cc1. The highest BCUT2D eigenvalue weighted by atomic mass is 35.5. The molecule has 0 saturated carbocycles. The zero-order chi connectivity index (χ0) is 16.5. The minimum absolute atomic E-state index is 0.0407. The topological polar surface area (TPSA) is 38.3 Å². The molecule has 2 rings (SSSR count). The highest BCUT2D eigenvalue weighted by Crippen LogP contribution is 2.15. The Morgan fingerprint density at radius 1 is 1.09 bits per heavy atom. The van der Waals surface area contributed by atoms with E-state index in [4.69, 9.17) is 16.3 Å². The van der Waals surface area contributed by atoms with Crippen LogP contribution < -0.4 is 5.32 Å². The van der Waals surface area contributed by atoms with Gasteiger partial charge in [-0.05, 0) is 35.4 Å². The smallest absolute Gasteiger partial charge is 0.251 e. The van der Waals surface area contributed by atoms with Crippen molar-refractivity contribution >= 4 is 29.3 Å². The molecule has 0 unspecified atom stereocenters. The number of carbonyl (C=O) groups excluding carboxylic acids is 1. The van der Waals surface area contributed by atoms with Gasteiger partial charge in [0.15, 0.2) is 0 Å². The van der Waals surface area contributed by atoms with E-state index in [1.165, 1.54) is 5.56 Å². The summed E-state index contributed by atoms with van der Waals surface area (Å²) in [5, 5.41) is 3.69. The highest BCUT2D eigenvalue weighted by molar-refractivity contribution is 7.98. The molecule has 0 spiro atoms. The van der Waals surface area contributed by atoms with Crippen molar-refractivity contribution in [1.29, 1.82) is 0 Å². The van der Waals surface area contributed by atoms with E-state index in [2.05, 4.69) is 5.32 Å². The molecule has 0 fully saturated rings. The fraction of sp³-hybridized carbons (Fsp3) is 0.278. The summed E-state index contributed by atoms with van der Waals surface area (Å²) in [6.07, 6.45) is 0. The van der Waals surface area contributed by atoms with Crippen LogP contribution in [0, 0.1) is 0 Å². The van der Waals surface area contributed by atoms with Gasteiger partial charge in [0.2, 0.25) is 0 Å². The zero-order valence-corrected chi connectivity index (χ0v) is 14.6. The maximum absolute atomic E-state index is 12.0. The largest absolute Gasteiger partial charge is 0.380 e. The fourth-order valence-corrected chi connectivity index (χ4v) is 2.97. The second-order valence-corrected chi connectivity index (χ2v) is 6.61. The number of methoxy groups -OCH3 is 1.